The van der Waals surface area contributed by atoms with Crippen molar-refractivity contribution in [3.63, 3.8) is 0 Å². The second-order valence-electron chi connectivity index (χ2n) is 4.08. The number of nitrogens with one attached hydrogen (secondary N) is 2. The molecule has 0 spiro atoms. The summed E-state index contributed by atoms with van der Waals surface area (Å²) >= 11 is 0. The highest BCUT2D eigenvalue weighted by Crippen LogP contribution is 2.17. The molecule has 1 atom stereocenters. The summed E-state index contributed by atoms with van der Waals surface area (Å²) in [7, 11) is 1.39. The first kappa shape index (κ1) is 15.2. The van der Waals surface area contributed by atoms with Crippen LogP contribution in [0.25, 0.3) is 0 Å². The van der Waals surface area contributed by atoms with Gasteiger partial charge >= 0.3 is 6.03 Å². The Labute approximate surface area is 111 Å². The van der Waals surface area contributed by atoms with Gasteiger partial charge in [-0.15, -0.1) is 0 Å². The topological polar surface area (TPSA) is 70.6 Å². The molecule has 1 unspecified atom stereocenters. The molecule has 0 saturated carbocycles. The fraction of sp³-hybridized carbons (Fsp3) is 0.462. The fourth-order valence-electron chi connectivity index (χ4n) is 1.52. The van der Waals surface area contributed by atoms with E-state index >= 15 is 0 Å². The van der Waals surface area contributed by atoms with Crippen molar-refractivity contribution < 1.29 is 19.0 Å². The molecule has 106 valence electrons. The van der Waals surface area contributed by atoms with Crippen LogP contribution in [0.3, 0.4) is 0 Å². The highest BCUT2D eigenvalue weighted by molar-refractivity contribution is 5.74. The lowest BCUT2D eigenvalue weighted by Gasteiger charge is -2.14. The number of amides is 2. The molecule has 1 rings (SSSR count). The lowest BCUT2D eigenvalue weighted by atomic mass is 10.2. The largest absolute Gasteiger partial charge is 0.494 e. The molecule has 0 heterocycles. The van der Waals surface area contributed by atoms with Crippen LogP contribution >= 0.6 is 0 Å². The quantitative estimate of drug-likeness (QED) is 0.732. The third-order valence-electron chi connectivity index (χ3n) is 2.72. The van der Waals surface area contributed by atoms with Crippen molar-refractivity contribution in [3.05, 3.63) is 29.6 Å². The molecule has 19 heavy (non-hydrogen) atoms. The molecule has 6 heteroatoms. The summed E-state index contributed by atoms with van der Waals surface area (Å²) in [6.45, 7) is 1.95. The second-order valence-corrected chi connectivity index (χ2v) is 4.08. The van der Waals surface area contributed by atoms with Crippen LogP contribution in [0.15, 0.2) is 18.2 Å². The number of ether oxygens (including phenoxy) is 1. The van der Waals surface area contributed by atoms with Gasteiger partial charge in [-0.2, -0.15) is 0 Å². The summed E-state index contributed by atoms with van der Waals surface area (Å²) < 4.78 is 18.2. The van der Waals surface area contributed by atoms with Crippen molar-refractivity contribution in [2.45, 2.75) is 25.9 Å². The van der Waals surface area contributed by atoms with E-state index in [0.29, 0.717) is 12.0 Å². The van der Waals surface area contributed by atoms with E-state index < -0.39 is 11.8 Å². The lowest BCUT2D eigenvalue weighted by Crippen LogP contribution is -2.43. The van der Waals surface area contributed by atoms with Crippen molar-refractivity contribution in [2.24, 2.45) is 0 Å². The molecule has 0 fully saturated rings. The molecular formula is C13H19FN2O3. The van der Waals surface area contributed by atoms with Crippen molar-refractivity contribution in [1.29, 1.82) is 0 Å². The van der Waals surface area contributed by atoms with Crippen LogP contribution in [0.5, 0.6) is 5.75 Å². The Morgan fingerprint density at radius 2 is 2.26 bits per heavy atom. The average Bonchev–Trinajstić information content (AvgIpc) is 2.42. The van der Waals surface area contributed by atoms with E-state index in [0.717, 1.165) is 0 Å². The maximum atomic E-state index is 13.4. The lowest BCUT2D eigenvalue weighted by molar-refractivity contribution is 0.214. The zero-order valence-electron chi connectivity index (χ0n) is 11.1. The number of halogens is 1. The standard InChI is InChI=1S/C13H19FN2O3/c1-3-10(8-17)16-13(18)15-7-9-4-5-12(19-2)11(14)6-9/h4-6,10,17H,3,7-8H2,1-2H3,(H2,15,16,18). The molecule has 1 aromatic rings. The monoisotopic (exact) mass is 270 g/mol. The normalized spacial score (nSPS) is 11.8. The number of carbonyl (C=O) groups excluding carboxylic acids is 1. The van der Waals surface area contributed by atoms with Gasteiger partial charge < -0.3 is 20.5 Å². The molecule has 2 amide bonds. The smallest absolute Gasteiger partial charge is 0.315 e. The number of hydrogen-bond acceptors (Lipinski definition) is 3. The van der Waals surface area contributed by atoms with E-state index in [1.165, 1.54) is 19.2 Å². The summed E-state index contributed by atoms with van der Waals surface area (Å²) in [5.41, 5.74) is 0.630. The predicted molar refractivity (Wildman–Crippen MR) is 69.5 cm³/mol. The van der Waals surface area contributed by atoms with Gasteiger partial charge in [0.25, 0.3) is 0 Å². The summed E-state index contributed by atoms with van der Waals surface area (Å²) in [5, 5.41) is 14.1. The van der Waals surface area contributed by atoms with E-state index in [1.54, 1.807) is 6.07 Å². The molecule has 1 aromatic carbocycles. The van der Waals surface area contributed by atoms with Gasteiger partial charge in [0.1, 0.15) is 0 Å². The van der Waals surface area contributed by atoms with Gasteiger partial charge in [-0.25, -0.2) is 9.18 Å². The van der Waals surface area contributed by atoms with Gasteiger partial charge in [-0.1, -0.05) is 13.0 Å². The minimum atomic E-state index is -0.469. The number of rotatable bonds is 6. The van der Waals surface area contributed by atoms with Gasteiger partial charge in [0.05, 0.1) is 19.8 Å². The minimum absolute atomic E-state index is 0.110. The summed E-state index contributed by atoms with van der Waals surface area (Å²) in [6, 6.07) is 3.82. The fourth-order valence-corrected chi connectivity index (χ4v) is 1.52. The average molecular weight is 270 g/mol. The predicted octanol–water partition coefficient (Wildman–Crippen LogP) is 1.40. The zero-order chi connectivity index (χ0) is 14.3. The van der Waals surface area contributed by atoms with Gasteiger partial charge in [0.15, 0.2) is 11.6 Å². The number of hydrogen-bond donors (Lipinski definition) is 3. The molecular weight excluding hydrogens is 251 g/mol. The maximum Gasteiger partial charge on any atom is 0.315 e. The Balaban J connectivity index is 2.48. The van der Waals surface area contributed by atoms with E-state index in [9.17, 15) is 9.18 Å². The van der Waals surface area contributed by atoms with E-state index in [1.807, 2.05) is 6.92 Å². The number of methoxy groups -OCH3 is 1. The van der Waals surface area contributed by atoms with Crippen LogP contribution in [0.2, 0.25) is 0 Å². The second kappa shape index (κ2) is 7.58. The van der Waals surface area contributed by atoms with Gasteiger partial charge in [-0.3, -0.25) is 0 Å². The van der Waals surface area contributed by atoms with Crippen molar-refractivity contribution in [2.75, 3.05) is 13.7 Å². The third kappa shape index (κ3) is 4.75. The molecule has 5 nitrogen and oxygen atoms in total. The van der Waals surface area contributed by atoms with Gasteiger partial charge in [-0.05, 0) is 24.1 Å². The van der Waals surface area contributed by atoms with Crippen LogP contribution in [0, 0.1) is 5.82 Å². The van der Waals surface area contributed by atoms with Crippen LogP contribution in [0.1, 0.15) is 18.9 Å². The first-order valence-corrected chi connectivity index (χ1v) is 6.08. The minimum Gasteiger partial charge on any atom is -0.494 e. The molecule has 0 radical (unpaired) electrons. The van der Waals surface area contributed by atoms with Crippen LogP contribution in [0.4, 0.5) is 9.18 Å². The number of benzene rings is 1. The van der Waals surface area contributed by atoms with Crippen molar-refractivity contribution >= 4 is 6.03 Å². The highest BCUT2D eigenvalue weighted by Gasteiger charge is 2.09. The first-order valence-electron chi connectivity index (χ1n) is 6.08. The van der Waals surface area contributed by atoms with Gasteiger partial charge in [0.2, 0.25) is 0 Å². The first-order chi connectivity index (χ1) is 9.10. The van der Waals surface area contributed by atoms with Crippen LogP contribution in [-0.4, -0.2) is 30.9 Å². The number of urea groups is 1. The summed E-state index contributed by atoms with van der Waals surface area (Å²) in [6.07, 6.45) is 0.640. The summed E-state index contributed by atoms with van der Waals surface area (Å²) in [4.78, 5) is 11.5. The molecule has 3 N–H and O–H groups in total. The number of aliphatic hydroxyl groups is 1. The number of aliphatic hydroxyl groups excluding tert-OH is 1. The molecule has 0 aromatic heterocycles. The molecule has 0 aliphatic carbocycles. The Bertz CT molecular complexity index is 422. The van der Waals surface area contributed by atoms with E-state index in [2.05, 4.69) is 10.6 Å². The molecule has 0 bridgehead atoms. The number of carbonyl (C=O) groups is 1. The Morgan fingerprint density at radius 1 is 1.53 bits per heavy atom. The highest BCUT2D eigenvalue weighted by atomic mass is 19.1. The Morgan fingerprint density at radius 3 is 2.79 bits per heavy atom. The van der Waals surface area contributed by atoms with Gasteiger partial charge in [0, 0.05) is 6.54 Å². The molecule has 0 aliphatic rings. The maximum absolute atomic E-state index is 13.4. The zero-order valence-corrected chi connectivity index (χ0v) is 11.1. The van der Waals surface area contributed by atoms with Crippen LogP contribution < -0.4 is 15.4 Å². The Hall–Kier alpha value is -1.82. The van der Waals surface area contributed by atoms with Crippen molar-refractivity contribution in [1.82, 2.24) is 10.6 Å². The third-order valence-corrected chi connectivity index (χ3v) is 2.72. The molecule has 0 saturated heterocycles. The molecule has 0 aliphatic heterocycles. The van der Waals surface area contributed by atoms with E-state index in [4.69, 9.17) is 9.84 Å². The summed E-state index contributed by atoms with van der Waals surface area (Å²) in [5.74, 6) is -0.302. The SMILES string of the molecule is CCC(CO)NC(=O)NCc1ccc(OC)c(F)c1. The Kier molecular flexibility index (Phi) is 6.08. The van der Waals surface area contributed by atoms with Crippen molar-refractivity contribution in [3.8, 4) is 5.75 Å². The van der Waals surface area contributed by atoms with Crippen LogP contribution in [-0.2, 0) is 6.54 Å². The van der Waals surface area contributed by atoms with E-state index in [-0.39, 0.29) is 24.9 Å².